The highest BCUT2D eigenvalue weighted by molar-refractivity contribution is 9.10. The Labute approximate surface area is 128 Å². The van der Waals surface area contributed by atoms with Gasteiger partial charge in [0.15, 0.2) is 0 Å². The molecule has 21 heavy (non-hydrogen) atoms. The van der Waals surface area contributed by atoms with E-state index >= 15 is 0 Å². The Balaban J connectivity index is 2.34. The molecule has 0 fully saturated rings. The Morgan fingerprint density at radius 1 is 1.33 bits per heavy atom. The lowest BCUT2D eigenvalue weighted by Crippen LogP contribution is -2.06. The summed E-state index contributed by atoms with van der Waals surface area (Å²) in [5, 5.41) is 10.6. The van der Waals surface area contributed by atoms with Crippen LogP contribution in [-0.4, -0.2) is 4.92 Å². The zero-order valence-corrected chi connectivity index (χ0v) is 12.6. The van der Waals surface area contributed by atoms with Gasteiger partial charge in [0.05, 0.1) is 4.92 Å². The van der Waals surface area contributed by atoms with Gasteiger partial charge in [0.1, 0.15) is 11.5 Å². The van der Waals surface area contributed by atoms with Crippen molar-refractivity contribution in [3.63, 3.8) is 0 Å². The van der Waals surface area contributed by atoms with Gasteiger partial charge in [0, 0.05) is 28.2 Å². The number of ether oxygens (including phenoxy) is 1. The first-order valence-electron chi connectivity index (χ1n) is 6.05. The van der Waals surface area contributed by atoms with Gasteiger partial charge in [-0.2, -0.15) is 4.39 Å². The zero-order chi connectivity index (χ0) is 15.6. The van der Waals surface area contributed by atoms with Gasteiger partial charge in [-0.25, -0.2) is 0 Å². The highest BCUT2D eigenvalue weighted by atomic mass is 79.9. The van der Waals surface area contributed by atoms with Gasteiger partial charge < -0.3 is 10.5 Å². The first-order valence-corrected chi connectivity index (χ1v) is 6.84. The average molecular weight is 355 g/mol. The second-order valence-corrected chi connectivity index (χ2v) is 5.36. The molecule has 1 atom stereocenters. The van der Waals surface area contributed by atoms with E-state index in [4.69, 9.17) is 10.5 Å². The molecule has 0 saturated carbocycles. The van der Waals surface area contributed by atoms with Gasteiger partial charge in [-0.1, -0.05) is 15.9 Å². The first kappa shape index (κ1) is 15.4. The van der Waals surface area contributed by atoms with Crippen molar-refractivity contribution in [2.75, 3.05) is 0 Å². The molecule has 0 aliphatic rings. The number of hydrogen-bond acceptors (Lipinski definition) is 4. The molecule has 110 valence electrons. The van der Waals surface area contributed by atoms with Crippen molar-refractivity contribution >= 4 is 21.6 Å². The number of nitro groups is 1. The van der Waals surface area contributed by atoms with Crippen LogP contribution >= 0.6 is 15.9 Å². The number of nitrogens with two attached hydrogens (primary N) is 1. The van der Waals surface area contributed by atoms with Crippen LogP contribution in [0.5, 0.6) is 11.5 Å². The summed E-state index contributed by atoms with van der Waals surface area (Å²) < 4.78 is 20.0. The minimum atomic E-state index is -0.947. The minimum Gasteiger partial charge on any atom is -0.457 e. The van der Waals surface area contributed by atoms with Crippen molar-refractivity contribution in [1.29, 1.82) is 0 Å². The minimum absolute atomic E-state index is 0.169. The third kappa shape index (κ3) is 3.56. The lowest BCUT2D eigenvalue weighted by molar-refractivity contribution is -0.387. The van der Waals surface area contributed by atoms with Crippen molar-refractivity contribution < 1.29 is 14.1 Å². The van der Waals surface area contributed by atoms with E-state index < -0.39 is 16.4 Å². The van der Waals surface area contributed by atoms with Crippen molar-refractivity contribution in [3.05, 3.63) is 62.4 Å². The number of hydrogen-bond donors (Lipinski definition) is 1. The summed E-state index contributed by atoms with van der Waals surface area (Å²) in [4.78, 5) is 9.79. The molecule has 5 nitrogen and oxygen atoms in total. The molecule has 0 heterocycles. The molecule has 1 unspecified atom stereocenters. The largest absolute Gasteiger partial charge is 0.457 e. The van der Waals surface area contributed by atoms with Gasteiger partial charge in [-0.05, 0) is 31.2 Å². The van der Waals surface area contributed by atoms with Crippen LogP contribution in [0.3, 0.4) is 0 Å². The normalized spacial score (nSPS) is 12.0. The van der Waals surface area contributed by atoms with Crippen LogP contribution in [0.1, 0.15) is 18.5 Å². The van der Waals surface area contributed by atoms with E-state index in [9.17, 15) is 14.5 Å². The molecule has 0 radical (unpaired) electrons. The average Bonchev–Trinajstić information content (AvgIpc) is 2.40. The van der Waals surface area contributed by atoms with E-state index in [1.165, 1.54) is 6.07 Å². The van der Waals surface area contributed by atoms with Crippen LogP contribution in [-0.2, 0) is 0 Å². The monoisotopic (exact) mass is 354 g/mol. The van der Waals surface area contributed by atoms with Crippen molar-refractivity contribution in [2.45, 2.75) is 13.0 Å². The summed E-state index contributed by atoms with van der Waals surface area (Å²) in [6.07, 6.45) is 0. The second kappa shape index (κ2) is 6.19. The molecule has 0 bridgehead atoms. The summed E-state index contributed by atoms with van der Waals surface area (Å²) in [6, 6.07) is 8.38. The van der Waals surface area contributed by atoms with Crippen LogP contribution < -0.4 is 10.5 Å². The molecule has 2 rings (SSSR count). The number of benzene rings is 2. The molecule has 2 aromatic carbocycles. The smallest absolute Gasteiger partial charge is 0.305 e. The van der Waals surface area contributed by atoms with Crippen molar-refractivity contribution in [2.24, 2.45) is 5.73 Å². The number of rotatable bonds is 4. The molecule has 2 N–H and O–H groups in total. The van der Waals surface area contributed by atoms with Gasteiger partial charge in [0.2, 0.25) is 5.82 Å². The summed E-state index contributed by atoms with van der Waals surface area (Å²) in [5.41, 5.74) is 6.01. The van der Waals surface area contributed by atoms with Crippen LogP contribution in [0.2, 0.25) is 0 Å². The van der Waals surface area contributed by atoms with E-state index in [0.29, 0.717) is 5.75 Å². The first-order chi connectivity index (χ1) is 9.88. The standard InChI is InChI=1S/C14H12BrFN2O3/c1-8(17)11-6-9(15)2-5-14(11)21-10-3-4-13(18(19)20)12(16)7-10/h2-8H,17H2,1H3. The molecule has 7 heteroatoms. The Morgan fingerprint density at radius 2 is 2.05 bits per heavy atom. The topological polar surface area (TPSA) is 78.4 Å². The lowest BCUT2D eigenvalue weighted by atomic mass is 10.1. The van der Waals surface area contributed by atoms with Crippen LogP contribution in [0, 0.1) is 15.9 Å². The molecule has 0 amide bonds. The highest BCUT2D eigenvalue weighted by Crippen LogP contribution is 2.32. The van der Waals surface area contributed by atoms with Crippen molar-refractivity contribution in [1.82, 2.24) is 0 Å². The van der Waals surface area contributed by atoms with E-state index in [-0.39, 0.29) is 11.8 Å². The molecule has 0 aliphatic carbocycles. The Kier molecular flexibility index (Phi) is 4.54. The SMILES string of the molecule is CC(N)c1cc(Br)ccc1Oc1ccc([N+](=O)[O-])c(F)c1. The maximum atomic E-state index is 13.6. The third-order valence-electron chi connectivity index (χ3n) is 2.81. The summed E-state index contributed by atoms with van der Waals surface area (Å²) in [5.74, 6) is -0.305. The Hall–Kier alpha value is -1.99. The van der Waals surface area contributed by atoms with Crippen LogP contribution in [0.25, 0.3) is 0 Å². The fourth-order valence-electron chi connectivity index (χ4n) is 1.79. The number of nitro benzene ring substituents is 1. The fraction of sp³-hybridized carbons (Fsp3) is 0.143. The van der Waals surface area contributed by atoms with E-state index in [0.717, 1.165) is 22.2 Å². The van der Waals surface area contributed by atoms with Crippen LogP contribution in [0.15, 0.2) is 40.9 Å². The van der Waals surface area contributed by atoms with Gasteiger partial charge in [0.25, 0.3) is 0 Å². The van der Waals surface area contributed by atoms with Gasteiger partial charge >= 0.3 is 5.69 Å². The van der Waals surface area contributed by atoms with Gasteiger partial charge in [-0.3, -0.25) is 10.1 Å². The Bertz CT molecular complexity index is 692. The molecule has 0 aromatic heterocycles. The molecule has 0 aliphatic heterocycles. The molecular weight excluding hydrogens is 343 g/mol. The fourth-order valence-corrected chi connectivity index (χ4v) is 2.17. The molecule has 0 spiro atoms. The second-order valence-electron chi connectivity index (χ2n) is 4.44. The molecule has 0 saturated heterocycles. The zero-order valence-electron chi connectivity index (χ0n) is 11.0. The van der Waals surface area contributed by atoms with E-state index in [2.05, 4.69) is 15.9 Å². The maximum absolute atomic E-state index is 13.6. The molecule has 2 aromatic rings. The highest BCUT2D eigenvalue weighted by Gasteiger charge is 2.16. The lowest BCUT2D eigenvalue weighted by Gasteiger charge is -2.14. The summed E-state index contributed by atoms with van der Waals surface area (Å²) in [6.45, 7) is 1.80. The predicted molar refractivity (Wildman–Crippen MR) is 79.9 cm³/mol. The maximum Gasteiger partial charge on any atom is 0.305 e. The van der Waals surface area contributed by atoms with E-state index in [1.807, 2.05) is 6.07 Å². The van der Waals surface area contributed by atoms with E-state index in [1.54, 1.807) is 19.1 Å². The number of nitrogens with zero attached hydrogens (tertiary/aromatic N) is 1. The van der Waals surface area contributed by atoms with Crippen LogP contribution in [0.4, 0.5) is 10.1 Å². The van der Waals surface area contributed by atoms with Crippen molar-refractivity contribution in [3.8, 4) is 11.5 Å². The Morgan fingerprint density at radius 3 is 2.62 bits per heavy atom. The molecular formula is C14H12BrFN2O3. The predicted octanol–water partition coefficient (Wildman–Crippen LogP) is 4.31. The summed E-state index contributed by atoms with van der Waals surface area (Å²) in [7, 11) is 0. The quantitative estimate of drug-likeness (QED) is 0.655. The third-order valence-corrected chi connectivity index (χ3v) is 3.30. The summed E-state index contributed by atoms with van der Waals surface area (Å²) >= 11 is 3.34. The van der Waals surface area contributed by atoms with Gasteiger partial charge in [-0.15, -0.1) is 0 Å². The number of halogens is 2.